The van der Waals surface area contributed by atoms with Crippen LogP contribution in [0.2, 0.25) is 0 Å². The summed E-state index contributed by atoms with van der Waals surface area (Å²) >= 11 is 0. The second kappa shape index (κ2) is 14.0. The summed E-state index contributed by atoms with van der Waals surface area (Å²) in [6, 6.07) is 0. The lowest BCUT2D eigenvalue weighted by atomic mass is 9.82. The largest absolute Gasteiger partial charge is 0.511 e. The Kier molecular flexibility index (Phi) is 10.8. The average molecular weight is 525 g/mol. The maximum absolute atomic E-state index is 12.7. The molecule has 11 nitrogen and oxygen atoms in total. The van der Waals surface area contributed by atoms with Crippen molar-refractivity contribution in [3.63, 3.8) is 0 Å². The quantitative estimate of drug-likeness (QED) is 0.203. The van der Waals surface area contributed by atoms with E-state index in [2.05, 4.69) is 16.1 Å². The minimum atomic E-state index is -0.928. The molecule has 3 aliphatic rings. The molecule has 0 aliphatic heterocycles. The maximum atomic E-state index is 12.7. The summed E-state index contributed by atoms with van der Waals surface area (Å²) in [6.07, 6.45) is 5.82. The van der Waals surface area contributed by atoms with Crippen LogP contribution >= 0.6 is 0 Å². The van der Waals surface area contributed by atoms with Gasteiger partial charge in [-0.2, -0.15) is 0 Å². The van der Waals surface area contributed by atoms with E-state index in [9.17, 15) is 24.0 Å². The van der Waals surface area contributed by atoms with Crippen LogP contribution in [0, 0.1) is 17.8 Å². The Morgan fingerprint density at radius 1 is 0.622 bits per heavy atom. The molecule has 0 amide bonds. The van der Waals surface area contributed by atoms with Gasteiger partial charge in [-0.1, -0.05) is 6.58 Å². The summed E-state index contributed by atoms with van der Waals surface area (Å²) in [5.74, 6) is -2.85. The Hall–Kier alpha value is -3.11. The predicted octanol–water partition coefficient (Wildman–Crippen LogP) is 3.67. The topological polar surface area (TPSA) is 152 Å². The zero-order valence-corrected chi connectivity index (χ0v) is 21.0. The molecule has 0 bridgehead atoms. The van der Waals surface area contributed by atoms with Crippen molar-refractivity contribution in [1.82, 2.24) is 0 Å². The van der Waals surface area contributed by atoms with Gasteiger partial charge in [0.15, 0.2) is 0 Å². The Morgan fingerprint density at radius 3 is 1.49 bits per heavy atom. The van der Waals surface area contributed by atoms with E-state index >= 15 is 0 Å². The van der Waals surface area contributed by atoms with Gasteiger partial charge in [0.25, 0.3) is 0 Å². The standard InChI is InChI=1S/C26H36O11/c1-2-22(27)33-15-34-26(32)37-21-13-11-20(12-14-21)36-25(31)18-7-9-19(10-8-18)35-24(30)17-5-3-16(4-6-17)23(28)29/h2,16-21H,1,3-15H2,(H,28,29). The molecule has 0 aromatic heterocycles. The molecule has 0 heterocycles. The molecular formula is C26H36O11. The monoisotopic (exact) mass is 524 g/mol. The van der Waals surface area contributed by atoms with Crippen molar-refractivity contribution in [3.8, 4) is 0 Å². The molecule has 0 atom stereocenters. The van der Waals surface area contributed by atoms with Gasteiger partial charge in [-0.15, -0.1) is 0 Å². The van der Waals surface area contributed by atoms with Crippen molar-refractivity contribution in [2.75, 3.05) is 6.79 Å². The third-order valence-electron chi connectivity index (χ3n) is 7.41. The van der Waals surface area contributed by atoms with Gasteiger partial charge in [-0.25, -0.2) is 9.59 Å². The van der Waals surface area contributed by atoms with Gasteiger partial charge in [0.1, 0.15) is 18.3 Å². The van der Waals surface area contributed by atoms with Crippen molar-refractivity contribution in [2.24, 2.45) is 17.8 Å². The molecule has 206 valence electrons. The number of aliphatic carboxylic acids is 1. The molecule has 1 N–H and O–H groups in total. The van der Waals surface area contributed by atoms with E-state index in [0.29, 0.717) is 77.0 Å². The zero-order chi connectivity index (χ0) is 26.8. The lowest BCUT2D eigenvalue weighted by molar-refractivity contribution is -0.163. The smallest absolute Gasteiger partial charge is 0.481 e. The third kappa shape index (κ3) is 9.05. The molecular weight excluding hydrogens is 488 g/mol. The third-order valence-corrected chi connectivity index (χ3v) is 7.41. The first-order chi connectivity index (χ1) is 17.7. The lowest BCUT2D eigenvalue weighted by Gasteiger charge is -2.32. The number of carboxylic acids is 1. The fourth-order valence-corrected chi connectivity index (χ4v) is 5.15. The lowest BCUT2D eigenvalue weighted by Crippen LogP contribution is -2.35. The first-order valence-corrected chi connectivity index (χ1v) is 13.0. The SMILES string of the molecule is C=CC(=O)OCOC(=O)OC1CCC(OC(=O)C2CCC(OC(=O)C3CCC(C(=O)O)CC3)CC2)CC1. The second-order valence-corrected chi connectivity index (χ2v) is 9.93. The van der Waals surface area contributed by atoms with Crippen LogP contribution in [-0.2, 0) is 42.9 Å². The van der Waals surface area contributed by atoms with E-state index in [4.69, 9.17) is 19.3 Å². The van der Waals surface area contributed by atoms with E-state index in [0.717, 1.165) is 6.08 Å². The number of carbonyl (C=O) groups is 5. The number of ether oxygens (including phenoxy) is 5. The highest BCUT2D eigenvalue weighted by molar-refractivity contribution is 5.81. The van der Waals surface area contributed by atoms with Gasteiger partial charge in [0.05, 0.1) is 17.8 Å². The highest BCUT2D eigenvalue weighted by Crippen LogP contribution is 2.33. The van der Waals surface area contributed by atoms with Gasteiger partial charge in [0, 0.05) is 6.08 Å². The number of rotatable bonds is 9. The number of carbonyl (C=O) groups excluding carboxylic acids is 4. The molecule has 3 fully saturated rings. The fourth-order valence-electron chi connectivity index (χ4n) is 5.15. The van der Waals surface area contributed by atoms with Crippen LogP contribution in [0.1, 0.15) is 77.0 Å². The number of hydrogen-bond acceptors (Lipinski definition) is 10. The molecule has 3 rings (SSSR count). The van der Waals surface area contributed by atoms with Crippen LogP contribution in [0.25, 0.3) is 0 Å². The van der Waals surface area contributed by atoms with Crippen LogP contribution in [0.4, 0.5) is 4.79 Å². The normalized spacial score (nSPS) is 29.7. The molecule has 11 heteroatoms. The molecule has 0 radical (unpaired) electrons. The van der Waals surface area contributed by atoms with Crippen LogP contribution in [0.3, 0.4) is 0 Å². The predicted molar refractivity (Wildman–Crippen MR) is 126 cm³/mol. The summed E-state index contributed by atoms with van der Waals surface area (Å²) in [4.78, 5) is 58.8. The second-order valence-electron chi connectivity index (χ2n) is 9.93. The van der Waals surface area contributed by atoms with E-state index in [1.807, 2.05) is 0 Å². The Labute approximate surface area is 215 Å². The van der Waals surface area contributed by atoms with Crippen LogP contribution in [0.5, 0.6) is 0 Å². The number of esters is 3. The highest BCUT2D eigenvalue weighted by Gasteiger charge is 2.35. The van der Waals surface area contributed by atoms with E-state index < -0.39 is 24.9 Å². The zero-order valence-electron chi connectivity index (χ0n) is 21.0. The van der Waals surface area contributed by atoms with Gasteiger partial charge in [-0.3, -0.25) is 14.4 Å². The molecule has 0 aromatic rings. The average Bonchev–Trinajstić information content (AvgIpc) is 2.90. The molecule has 37 heavy (non-hydrogen) atoms. The van der Waals surface area contributed by atoms with Crippen LogP contribution in [-0.4, -0.2) is 60.2 Å². The summed E-state index contributed by atoms with van der Waals surface area (Å²) in [7, 11) is 0. The van der Waals surface area contributed by atoms with Crippen molar-refractivity contribution >= 4 is 30.0 Å². The summed E-state index contributed by atoms with van der Waals surface area (Å²) < 4.78 is 25.8. The molecule has 0 saturated heterocycles. The summed E-state index contributed by atoms with van der Waals surface area (Å²) in [6.45, 7) is 2.68. The van der Waals surface area contributed by atoms with Crippen molar-refractivity contribution in [2.45, 2.75) is 95.4 Å². The molecule has 0 aromatic carbocycles. The molecule has 3 saturated carbocycles. The molecule has 0 spiro atoms. The van der Waals surface area contributed by atoms with Crippen LogP contribution in [0.15, 0.2) is 12.7 Å². The number of hydrogen-bond donors (Lipinski definition) is 1. The van der Waals surface area contributed by atoms with E-state index in [-0.39, 0.29) is 48.0 Å². The molecule has 3 aliphatic carbocycles. The highest BCUT2D eigenvalue weighted by atomic mass is 16.8. The number of carboxylic acid groups (broad SMARTS) is 1. The van der Waals surface area contributed by atoms with Gasteiger partial charge in [0.2, 0.25) is 6.79 Å². The van der Waals surface area contributed by atoms with Crippen LogP contribution < -0.4 is 0 Å². The van der Waals surface area contributed by atoms with Gasteiger partial charge >= 0.3 is 30.0 Å². The van der Waals surface area contributed by atoms with Crippen molar-refractivity contribution in [3.05, 3.63) is 12.7 Å². The van der Waals surface area contributed by atoms with E-state index in [1.54, 1.807) is 0 Å². The van der Waals surface area contributed by atoms with Crippen molar-refractivity contribution in [1.29, 1.82) is 0 Å². The van der Waals surface area contributed by atoms with E-state index in [1.165, 1.54) is 0 Å². The fraction of sp³-hybridized carbons (Fsp3) is 0.731. The minimum Gasteiger partial charge on any atom is -0.481 e. The Balaban J connectivity index is 1.28. The summed E-state index contributed by atoms with van der Waals surface area (Å²) in [5.41, 5.74) is 0. The first-order valence-electron chi connectivity index (χ1n) is 13.0. The maximum Gasteiger partial charge on any atom is 0.511 e. The van der Waals surface area contributed by atoms with Crippen molar-refractivity contribution < 1.29 is 52.8 Å². The van der Waals surface area contributed by atoms with Gasteiger partial charge < -0.3 is 28.8 Å². The van der Waals surface area contributed by atoms with Gasteiger partial charge in [-0.05, 0) is 77.0 Å². The summed E-state index contributed by atoms with van der Waals surface area (Å²) in [5, 5.41) is 9.10. The first kappa shape index (κ1) is 28.5. The Morgan fingerprint density at radius 2 is 1.03 bits per heavy atom. The molecule has 0 unspecified atom stereocenters. The minimum absolute atomic E-state index is 0.221. The Bertz CT molecular complexity index is 829.